The molecule has 6 heteroatoms. The number of aromatic nitrogens is 2. The van der Waals surface area contributed by atoms with Gasteiger partial charge in [0.2, 0.25) is 11.8 Å². The highest BCUT2D eigenvalue weighted by molar-refractivity contribution is 8.00. The number of likely N-dealkylation sites (tertiary alicyclic amines) is 1. The molecule has 1 aliphatic heterocycles. The molecule has 4 rings (SSSR count). The fourth-order valence-corrected chi connectivity index (χ4v) is 4.30. The summed E-state index contributed by atoms with van der Waals surface area (Å²) in [4.78, 5) is 15.1. The highest BCUT2D eigenvalue weighted by Gasteiger charge is 2.30. The van der Waals surface area contributed by atoms with Crippen molar-refractivity contribution in [1.82, 2.24) is 15.1 Å². The van der Waals surface area contributed by atoms with Gasteiger partial charge in [-0.1, -0.05) is 36.4 Å². The molecule has 144 valence electrons. The molecule has 1 saturated heterocycles. The quantitative estimate of drug-likeness (QED) is 0.582. The Hall–Kier alpha value is -2.60. The third-order valence-electron chi connectivity index (χ3n) is 5.12. The van der Waals surface area contributed by atoms with Crippen molar-refractivity contribution in [3.63, 3.8) is 0 Å². The van der Waals surface area contributed by atoms with Crippen molar-refractivity contribution in [2.24, 2.45) is 0 Å². The Labute approximate surface area is 169 Å². The van der Waals surface area contributed by atoms with Crippen molar-refractivity contribution in [2.75, 3.05) is 13.1 Å². The van der Waals surface area contributed by atoms with Crippen LogP contribution in [0, 0.1) is 13.8 Å². The third kappa shape index (κ3) is 3.97. The number of hydrogen-bond acceptors (Lipinski definition) is 5. The highest BCUT2D eigenvalue weighted by atomic mass is 32.2. The van der Waals surface area contributed by atoms with Gasteiger partial charge in [-0.25, -0.2) is 0 Å². The van der Waals surface area contributed by atoms with Crippen LogP contribution in [0.1, 0.15) is 34.8 Å². The van der Waals surface area contributed by atoms with Crippen molar-refractivity contribution in [1.29, 1.82) is 0 Å². The predicted molar refractivity (Wildman–Crippen MR) is 110 cm³/mol. The third-order valence-corrected chi connectivity index (χ3v) is 6.20. The summed E-state index contributed by atoms with van der Waals surface area (Å²) in [5, 5.41) is 8.42. The van der Waals surface area contributed by atoms with Gasteiger partial charge < -0.3 is 9.32 Å². The van der Waals surface area contributed by atoms with Crippen molar-refractivity contribution < 1.29 is 9.21 Å². The summed E-state index contributed by atoms with van der Waals surface area (Å²) < 4.78 is 5.90. The zero-order valence-corrected chi connectivity index (χ0v) is 16.9. The molecule has 3 aromatic rings. The van der Waals surface area contributed by atoms with E-state index in [1.165, 1.54) is 22.9 Å². The zero-order chi connectivity index (χ0) is 19.5. The van der Waals surface area contributed by atoms with E-state index in [1.807, 2.05) is 53.4 Å². The van der Waals surface area contributed by atoms with Crippen LogP contribution in [0.3, 0.4) is 0 Å². The Balaban J connectivity index is 1.59. The maximum Gasteiger partial charge on any atom is 0.277 e. The molecule has 0 saturated carbocycles. The molecular formula is C22H23N3O2S. The molecule has 0 N–H and O–H groups in total. The summed E-state index contributed by atoms with van der Waals surface area (Å²) in [5.74, 6) is 0.589. The van der Waals surface area contributed by atoms with Crippen LogP contribution >= 0.6 is 11.8 Å². The Morgan fingerprint density at radius 2 is 1.79 bits per heavy atom. The monoisotopic (exact) mass is 393 g/mol. The molecular weight excluding hydrogens is 370 g/mol. The minimum atomic E-state index is -0.382. The summed E-state index contributed by atoms with van der Waals surface area (Å²) in [5.41, 5.74) is 4.24. The van der Waals surface area contributed by atoms with Gasteiger partial charge in [-0.2, -0.15) is 0 Å². The first-order valence-corrected chi connectivity index (χ1v) is 10.4. The minimum Gasteiger partial charge on any atom is -0.411 e. The molecule has 1 amide bonds. The molecule has 0 radical (unpaired) electrons. The number of aryl methyl sites for hydroxylation is 2. The SMILES string of the molecule is Cc1ccc(-c2nnc(S[C@H](C(=O)N3CCCC3)c3ccccc3)o2)cc1C. The average molecular weight is 394 g/mol. The summed E-state index contributed by atoms with van der Waals surface area (Å²) in [6.45, 7) is 5.77. The van der Waals surface area contributed by atoms with Gasteiger partial charge >= 0.3 is 0 Å². The molecule has 0 unspecified atom stereocenters. The Morgan fingerprint density at radius 3 is 2.50 bits per heavy atom. The van der Waals surface area contributed by atoms with Crippen LogP contribution in [0.5, 0.6) is 0 Å². The van der Waals surface area contributed by atoms with E-state index in [9.17, 15) is 4.79 Å². The van der Waals surface area contributed by atoms with Crippen LogP contribution in [0.4, 0.5) is 0 Å². The van der Waals surface area contributed by atoms with E-state index in [-0.39, 0.29) is 11.2 Å². The van der Waals surface area contributed by atoms with Crippen molar-refractivity contribution in [2.45, 2.75) is 37.2 Å². The van der Waals surface area contributed by atoms with Crippen LogP contribution in [0.25, 0.3) is 11.5 Å². The Kier molecular flexibility index (Phi) is 5.48. The number of hydrogen-bond donors (Lipinski definition) is 0. The predicted octanol–water partition coefficient (Wildman–Crippen LogP) is 4.81. The Morgan fingerprint density at radius 1 is 1.04 bits per heavy atom. The van der Waals surface area contributed by atoms with Gasteiger partial charge in [-0.3, -0.25) is 4.79 Å². The lowest BCUT2D eigenvalue weighted by Crippen LogP contribution is -2.31. The largest absolute Gasteiger partial charge is 0.411 e. The van der Waals surface area contributed by atoms with Gasteiger partial charge in [0, 0.05) is 18.7 Å². The number of rotatable bonds is 5. The summed E-state index contributed by atoms with van der Waals surface area (Å²) in [7, 11) is 0. The molecule has 1 aromatic heterocycles. The number of carbonyl (C=O) groups excluding carboxylic acids is 1. The molecule has 28 heavy (non-hydrogen) atoms. The van der Waals surface area contributed by atoms with Gasteiger partial charge in [-0.15, -0.1) is 10.2 Å². The molecule has 0 aliphatic carbocycles. The number of nitrogens with zero attached hydrogens (tertiary/aromatic N) is 3. The minimum absolute atomic E-state index is 0.111. The highest BCUT2D eigenvalue weighted by Crippen LogP contribution is 2.37. The van der Waals surface area contributed by atoms with E-state index in [4.69, 9.17) is 4.42 Å². The van der Waals surface area contributed by atoms with E-state index in [0.29, 0.717) is 11.1 Å². The van der Waals surface area contributed by atoms with Gasteiger partial charge in [0.15, 0.2) is 0 Å². The number of carbonyl (C=O) groups is 1. The van der Waals surface area contributed by atoms with Gasteiger partial charge in [0.1, 0.15) is 5.25 Å². The number of amides is 1. The first-order valence-electron chi connectivity index (χ1n) is 9.53. The van der Waals surface area contributed by atoms with E-state index in [0.717, 1.165) is 37.1 Å². The topological polar surface area (TPSA) is 59.2 Å². The van der Waals surface area contributed by atoms with Gasteiger partial charge in [0.05, 0.1) is 0 Å². The number of benzene rings is 2. The first kappa shape index (κ1) is 18.7. The van der Waals surface area contributed by atoms with Crippen LogP contribution in [0.2, 0.25) is 0 Å². The molecule has 1 atom stereocenters. The zero-order valence-electron chi connectivity index (χ0n) is 16.1. The fourth-order valence-electron chi connectivity index (χ4n) is 3.34. The molecule has 2 aromatic carbocycles. The van der Waals surface area contributed by atoms with Gasteiger partial charge in [-0.05, 0) is 67.3 Å². The fraction of sp³-hybridized carbons (Fsp3) is 0.318. The van der Waals surface area contributed by atoms with Crippen LogP contribution < -0.4 is 0 Å². The van der Waals surface area contributed by atoms with Crippen molar-refractivity contribution >= 4 is 17.7 Å². The van der Waals surface area contributed by atoms with Crippen LogP contribution in [0.15, 0.2) is 58.2 Å². The molecule has 0 spiro atoms. The van der Waals surface area contributed by atoms with E-state index in [2.05, 4.69) is 24.0 Å². The molecule has 1 aliphatic rings. The normalized spacial score (nSPS) is 15.0. The molecule has 1 fully saturated rings. The lowest BCUT2D eigenvalue weighted by molar-refractivity contribution is -0.129. The van der Waals surface area contributed by atoms with Gasteiger partial charge in [0.25, 0.3) is 5.22 Å². The second-order valence-electron chi connectivity index (χ2n) is 7.11. The van der Waals surface area contributed by atoms with Crippen LogP contribution in [-0.4, -0.2) is 34.1 Å². The number of thioether (sulfide) groups is 1. The maximum absolute atomic E-state index is 13.1. The second-order valence-corrected chi connectivity index (χ2v) is 8.17. The lowest BCUT2D eigenvalue weighted by Gasteiger charge is -2.22. The second kappa shape index (κ2) is 8.19. The molecule has 2 heterocycles. The first-order chi connectivity index (χ1) is 13.6. The molecule has 5 nitrogen and oxygen atoms in total. The van der Waals surface area contributed by atoms with Crippen LogP contribution in [-0.2, 0) is 4.79 Å². The summed E-state index contributed by atoms with van der Waals surface area (Å²) in [6.07, 6.45) is 2.13. The lowest BCUT2D eigenvalue weighted by atomic mass is 10.1. The summed E-state index contributed by atoms with van der Waals surface area (Å²) >= 11 is 1.33. The molecule has 0 bridgehead atoms. The Bertz CT molecular complexity index is 965. The maximum atomic E-state index is 13.1. The van der Waals surface area contributed by atoms with Crippen molar-refractivity contribution in [3.05, 3.63) is 65.2 Å². The summed E-state index contributed by atoms with van der Waals surface area (Å²) in [6, 6.07) is 15.9. The van der Waals surface area contributed by atoms with Crippen molar-refractivity contribution in [3.8, 4) is 11.5 Å². The van der Waals surface area contributed by atoms with E-state index >= 15 is 0 Å². The standard InChI is InChI=1S/C22H23N3O2S/c1-15-10-11-18(14-16(15)2)20-23-24-22(27-20)28-19(17-8-4-3-5-9-17)21(26)25-12-6-7-13-25/h3-5,8-11,14,19H,6-7,12-13H2,1-2H3/t19-/m0/s1. The smallest absolute Gasteiger partial charge is 0.277 e. The van der Waals surface area contributed by atoms with E-state index < -0.39 is 0 Å². The van der Waals surface area contributed by atoms with E-state index in [1.54, 1.807) is 0 Å². The average Bonchev–Trinajstić information content (AvgIpc) is 3.41.